The van der Waals surface area contributed by atoms with E-state index in [-0.39, 0.29) is 5.91 Å². The molecule has 1 heterocycles. The second-order valence-electron chi connectivity index (χ2n) is 8.45. The van der Waals surface area contributed by atoms with Gasteiger partial charge in [0.15, 0.2) is 0 Å². The molecule has 2 nitrogen and oxygen atoms in total. The fourth-order valence-corrected chi connectivity index (χ4v) is 4.27. The molecule has 0 saturated carbocycles. The minimum absolute atomic E-state index is 0.102. The third-order valence-electron chi connectivity index (χ3n) is 6.00. The van der Waals surface area contributed by atoms with Gasteiger partial charge in [-0.05, 0) is 49.1 Å². The van der Waals surface area contributed by atoms with Crippen LogP contribution < -0.4 is 4.90 Å². The van der Waals surface area contributed by atoms with Crippen molar-refractivity contribution in [2.24, 2.45) is 0 Å². The number of hydrogen-bond donors (Lipinski definition) is 0. The topological polar surface area (TPSA) is 20.3 Å². The fraction of sp³-hybridized carbons (Fsp3) is 0.233. The smallest absolute Gasteiger partial charge is 0.258 e. The number of amides is 1. The van der Waals surface area contributed by atoms with Crippen LogP contribution >= 0.6 is 0 Å². The first-order chi connectivity index (χ1) is 15.7. The molecule has 162 valence electrons. The van der Waals surface area contributed by atoms with Crippen LogP contribution in [0.25, 0.3) is 5.57 Å². The average Bonchev–Trinajstić information content (AvgIpc) is 3.14. The van der Waals surface area contributed by atoms with Crippen LogP contribution in [0.2, 0.25) is 0 Å². The number of hydrogen-bond acceptors (Lipinski definition) is 1. The van der Waals surface area contributed by atoms with E-state index in [4.69, 9.17) is 0 Å². The maximum absolute atomic E-state index is 13.7. The largest absolute Gasteiger partial charge is 0.277 e. The molecular formula is C30H31NO. The minimum atomic E-state index is 0.102. The minimum Gasteiger partial charge on any atom is -0.277 e. The van der Waals surface area contributed by atoms with Crippen molar-refractivity contribution in [1.82, 2.24) is 0 Å². The second-order valence-corrected chi connectivity index (χ2v) is 8.45. The highest BCUT2D eigenvalue weighted by atomic mass is 16.2. The lowest BCUT2D eigenvalue weighted by Crippen LogP contribution is -2.26. The van der Waals surface area contributed by atoms with Gasteiger partial charge in [0.05, 0.1) is 5.70 Å². The lowest BCUT2D eigenvalue weighted by Gasteiger charge is -2.23. The molecule has 0 N–H and O–H groups in total. The van der Waals surface area contributed by atoms with Crippen molar-refractivity contribution in [3.8, 4) is 0 Å². The van der Waals surface area contributed by atoms with Crippen LogP contribution in [0.4, 0.5) is 5.69 Å². The van der Waals surface area contributed by atoms with E-state index < -0.39 is 0 Å². The summed E-state index contributed by atoms with van der Waals surface area (Å²) >= 11 is 0. The van der Waals surface area contributed by atoms with Gasteiger partial charge in [-0.1, -0.05) is 105 Å². The maximum atomic E-state index is 13.7. The lowest BCUT2D eigenvalue weighted by molar-refractivity contribution is -0.114. The summed E-state index contributed by atoms with van der Waals surface area (Å²) in [6.45, 7) is 4.29. The van der Waals surface area contributed by atoms with Gasteiger partial charge < -0.3 is 0 Å². The van der Waals surface area contributed by atoms with Crippen molar-refractivity contribution in [2.75, 3.05) is 4.90 Å². The van der Waals surface area contributed by atoms with E-state index >= 15 is 0 Å². The van der Waals surface area contributed by atoms with Crippen molar-refractivity contribution in [3.05, 3.63) is 119 Å². The molecule has 0 atom stereocenters. The van der Waals surface area contributed by atoms with E-state index in [1.54, 1.807) is 0 Å². The monoisotopic (exact) mass is 421 g/mol. The molecule has 4 rings (SSSR count). The van der Waals surface area contributed by atoms with Gasteiger partial charge in [0.2, 0.25) is 0 Å². The standard InChI is InChI=1S/C30H31NO/c1-3-4-5-8-17-26-22-28(31(30(26)32)27-20-18-23(2)19-21-27)29(24-13-9-6-10-14-24)25-15-11-7-12-16-25/h6-7,9-16,18-22H,3-5,8,17H2,1-2H3. The van der Waals surface area contributed by atoms with Crippen molar-refractivity contribution in [2.45, 2.75) is 46.0 Å². The predicted molar refractivity (Wildman–Crippen MR) is 134 cm³/mol. The van der Waals surface area contributed by atoms with Crippen LogP contribution in [0.1, 0.15) is 55.7 Å². The summed E-state index contributed by atoms with van der Waals surface area (Å²) < 4.78 is 0. The normalized spacial score (nSPS) is 13.4. The first kappa shape index (κ1) is 21.8. The van der Waals surface area contributed by atoms with Gasteiger partial charge in [0.1, 0.15) is 0 Å². The van der Waals surface area contributed by atoms with Crippen LogP contribution in [0.15, 0.2) is 102 Å². The van der Waals surface area contributed by atoms with E-state index in [0.717, 1.165) is 52.9 Å². The number of carbonyl (C=O) groups excluding carboxylic acids is 1. The zero-order valence-corrected chi connectivity index (χ0v) is 19.1. The fourth-order valence-electron chi connectivity index (χ4n) is 4.27. The molecule has 0 aliphatic carbocycles. The Morgan fingerprint density at radius 3 is 1.91 bits per heavy atom. The number of rotatable bonds is 8. The molecule has 0 bridgehead atoms. The number of carbonyl (C=O) groups is 1. The SMILES string of the molecule is CCCCCCC1=CC(=C(c2ccccc2)c2ccccc2)N(c2ccc(C)cc2)C1=O. The molecule has 0 fully saturated rings. The van der Waals surface area contributed by atoms with Crippen molar-refractivity contribution in [1.29, 1.82) is 0 Å². The lowest BCUT2D eigenvalue weighted by atomic mass is 9.95. The zero-order valence-electron chi connectivity index (χ0n) is 19.1. The summed E-state index contributed by atoms with van der Waals surface area (Å²) in [5.74, 6) is 0.102. The molecule has 0 saturated heterocycles. The Morgan fingerprint density at radius 2 is 1.34 bits per heavy atom. The molecule has 0 aromatic heterocycles. The highest BCUT2D eigenvalue weighted by Crippen LogP contribution is 2.38. The van der Waals surface area contributed by atoms with Crippen LogP contribution in [0, 0.1) is 6.92 Å². The quantitative estimate of drug-likeness (QED) is 0.341. The van der Waals surface area contributed by atoms with E-state index in [9.17, 15) is 4.79 Å². The van der Waals surface area contributed by atoms with Crippen LogP contribution in [0.3, 0.4) is 0 Å². The number of aryl methyl sites for hydroxylation is 1. The van der Waals surface area contributed by atoms with Gasteiger partial charge in [-0.2, -0.15) is 0 Å². The van der Waals surface area contributed by atoms with E-state index in [0.29, 0.717) is 0 Å². The van der Waals surface area contributed by atoms with Crippen molar-refractivity contribution >= 4 is 17.2 Å². The van der Waals surface area contributed by atoms with Crippen molar-refractivity contribution < 1.29 is 4.79 Å². The Morgan fingerprint density at radius 1 is 0.750 bits per heavy atom. The number of anilines is 1. The molecular weight excluding hydrogens is 390 g/mol. The highest BCUT2D eigenvalue weighted by molar-refractivity contribution is 6.14. The molecule has 0 radical (unpaired) electrons. The van der Waals surface area contributed by atoms with E-state index in [2.05, 4.69) is 92.7 Å². The summed E-state index contributed by atoms with van der Waals surface area (Å²) in [6.07, 6.45) is 7.57. The van der Waals surface area contributed by atoms with E-state index in [1.165, 1.54) is 18.4 Å². The Bertz CT molecular complexity index is 1070. The summed E-state index contributed by atoms with van der Waals surface area (Å²) in [5.41, 5.74) is 7.28. The van der Waals surface area contributed by atoms with Gasteiger partial charge in [-0.15, -0.1) is 0 Å². The molecule has 1 amide bonds. The van der Waals surface area contributed by atoms with Gasteiger partial charge in [0, 0.05) is 16.8 Å². The van der Waals surface area contributed by atoms with Crippen molar-refractivity contribution in [3.63, 3.8) is 0 Å². The molecule has 3 aromatic rings. The highest BCUT2D eigenvalue weighted by Gasteiger charge is 2.31. The zero-order chi connectivity index (χ0) is 22.3. The summed E-state index contributed by atoms with van der Waals surface area (Å²) in [6, 6.07) is 29.0. The van der Waals surface area contributed by atoms with Gasteiger partial charge in [-0.25, -0.2) is 0 Å². The first-order valence-corrected chi connectivity index (χ1v) is 11.7. The van der Waals surface area contributed by atoms with Crippen LogP contribution in [0.5, 0.6) is 0 Å². The molecule has 0 spiro atoms. The Balaban J connectivity index is 1.87. The number of allylic oxidation sites excluding steroid dienone is 1. The average molecular weight is 422 g/mol. The molecule has 2 heteroatoms. The molecule has 1 aliphatic heterocycles. The van der Waals surface area contributed by atoms with Gasteiger partial charge in [0.25, 0.3) is 5.91 Å². The Hall–Kier alpha value is -3.39. The Kier molecular flexibility index (Phi) is 7.01. The first-order valence-electron chi connectivity index (χ1n) is 11.7. The number of nitrogens with zero attached hydrogens (tertiary/aromatic N) is 1. The third-order valence-corrected chi connectivity index (χ3v) is 6.00. The van der Waals surface area contributed by atoms with Crippen LogP contribution in [-0.2, 0) is 4.79 Å². The second kappa shape index (κ2) is 10.3. The summed E-state index contributed by atoms with van der Waals surface area (Å²) in [4.78, 5) is 15.6. The molecule has 1 aliphatic rings. The summed E-state index contributed by atoms with van der Waals surface area (Å²) in [7, 11) is 0. The number of benzene rings is 3. The summed E-state index contributed by atoms with van der Waals surface area (Å²) in [5, 5.41) is 0. The number of unbranched alkanes of at least 4 members (excludes halogenated alkanes) is 3. The Labute approximate surface area is 191 Å². The van der Waals surface area contributed by atoms with Gasteiger partial charge in [-0.3, -0.25) is 9.69 Å². The predicted octanol–water partition coefficient (Wildman–Crippen LogP) is 7.70. The molecule has 3 aromatic carbocycles. The van der Waals surface area contributed by atoms with Gasteiger partial charge >= 0.3 is 0 Å². The molecule has 32 heavy (non-hydrogen) atoms. The third kappa shape index (κ3) is 4.75. The maximum Gasteiger partial charge on any atom is 0.258 e. The molecule has 0 unspecified atom stereocenters. The van der Waals surface area contributed by atoms with Crippen LogP contribution in [-0.4, -0.2) is 5.91 Å². The van der Waals surface area contributed by atoms with E-state index in [1.807, 2.05) is 17.0 Å².